The molecule has 0 saturated heterocycles. The van der Waals surface area contributed by atoms with Crippen LogP contribution in [0.25, 0.3) is 0 Å². The average Bonchev–Trinajstić information content (AvgIpc) is 2.82. The number of rotatable bonds is 4. The zero-order valence-electron chi connectivity index (χ0n) is 13.1. The Morgan fingerprint density at radius 2 is 2.00 bits per heavy atom. The van der Waals surface area contributed by atoms with Crippen LogP contribution in [0.5, 0.6) is 0 Å². The number of hydrogen-bond acceptors (Lipinski definition) is 4. The molecule has 1 aromatic carbocycles. The van der Waals surface area contributed by atoms with E-state index in [1.165, 1.54) is 11.1 Å². The maximum Gasteiger partial charge on any atom is 0.270 e. The predicted molar refractivity (Wildman–Crippen MR) is 85.8 cm³/mol. The minimum Gasteiger partial charge on any atom is -0.349 e. The van der Waals surface area contributed by atoms with E-state index in [2.05, 4.69) is 65.6 Å². The molecule has 2 N–H and O–H groups in total. The summed E-state index contributed by atoms with van der Waals surface area (Å²) in [5.41, 5.74) is 3.62. The first-order valence-corrected chi connectivity index (χ1v) is 7.41. The molecule has 22 heavy (non-hydrogen) atoms. The van der Waals surface area contributed by atoms with Gasteiger partial charge in [-0.3, -0.25) is 4.79 Å². The quantitative estimate of drug-likeness (QED) is 0.909. The van der Waals surface area contributed by atoms with E-state index in [9.17, 15) is 4.79 Å². The molecule has 0 fully saturated rings. The lowest BCUT2D eigenvalue weighted by Crippen LogP contribution is -2.34. The van der Waals surface area contributed by atoms with Gasteiger partial charge in [0.25, 0.3) is 5.91 Å². The van der Waals surface area contributed by atoms with Gasteiger partial charge in [0.05, 0.1) is 0 Å². The van der Waals surface area contributed by atoms with Crippen molar-refractivity contribution >= 4 is 11.9 Å². The maximum atomic E-state index is 11.7. The van der Waals surface area contributed by atoms with Crippen molar-refractivity contribution in [3.8, 4) is 0 Å². The molecule has 1 amide bonds. The Morgan fingerprint density at radius 1 is 1.27 bits per heavy atom. The average molecular weight is 296 g/mol. The summed E-state index contributed by atoms with van der Waals surface area (Å²) in [6.07, 6.45) is 2.56. The van der Waals surface area contributed by atoms with Crippen molar-refractivity contribution in [3.05, 3.63) is 52.8 Å². The summed E-state index contributed by atoms with van der Waals surface area (Å²) >= 11 is 0. The normalized spacial score (nSPS) is 13.7. The summed E-state index contributed by atoms with van der Waals surface area (Å²) in [4.78, 5) is 20.3. The van der Waals surface area contributed by atoms with Crippen LogP contribution < -0.4 is 10.6 Å². The number of nitrogens with one attached hydrogen (secondary N) is 2. The van der Waals surface area contributed by atoms with Gasteiger partial charge in [-0.15, -0.1) is 0 Å². The highest BCUT2D eigenvalue weighted by Crippen LogP contribution is 2.20. The largest absolute Gasteiger partial charge is 0.349 e. The van der Waals surface area contributed by atoms with Crippen LogP contribution in [0, 0.1) is 6.92 Å². The lowest BCUT2D eigenvalue weighted by molar-refractivity contribution is 0.0961. The van der Waals surface area contributed by atoms with Gasteiger partial charge in [-0.2, -0.15) is 0 Å². The molecular weight excluding hydrogens is 276 g/mol. The minimum absolute atomic E-state index is 0.128. The van der Waals surface area contributed by atoms with E-state index < -0.39 is 0 Å². The number of hydrogen-bond donors (Lipinski definition) is 2. The van der Waals surface area contributed by atoms with Crippen LogP contribution >= 0.6 is 0 Å². The summed E-state index contributed by atoms with van der Waals surface area (Å²) in [5, 5.41) is 6.08. The molecule has 1 aliphatic rings. The van der Waals surface area contributed by atoms with E-state index in [4.69, 9.17) is 0 Å². The van der Waals surface area contributed by atoms with Crippen molar-refractivity contribution < 1.29 is 4.79 Å². The van der Waals surface area contributed by atoms with Gasteiger partial charge in [0.1, 0.15) is 5.69 Å². The SMILES string of the molecule is Cc1ccc(CC(C)(C)Nc2ncc3c(n2)C(=O)NC3)cc1. The van der Waals surface area contributed by atoms with Crippen LogP contribution in [0.4, 0.5) is 5.95 Å². The van der Waals surface area contributed by atoms with Crippen LogP contribution in [0.1, 0.15) is 41.0 Å². The van der Waals surface area contributed by atoms with Crippen LogP contribution in [0.2, 0.25) is 0 Å². The fourth-order valence-electron chi connectivity index (χ4n) is 2.62. The third-order valence-electron chi connectivity index (χ3n) is 3.74. The first kappa shape index (κ1) is 14.5. The molecule has 0 radical (unpaired) electrons. The molecule has 5 nitrogen and oxygen atoms in total. The van der Waals surface area contributed by atoms with E-state index in [0.717, 1.165) is 12.0 Å². The number of aryl methyl sites for hydroxylation is 1. The molecule has 1 aliphatic heterocycles. The lowest BCUT2D eigenvalue weighted by atomic mass is 9.94. The number of anilines is 1. The Morgan fingerprint density at radius 3 is 2.73 bits per heavy atom. The van der Waals surface area contributed by atoms with Gasteiger partial charge in [0.15, 0.2) is 0 Å². The topological polar surface area (TPSA) is 66.9 Å². The van der Waals surface area contributed by atoms with Gasteiger partial charge in [-0.1, -0.05) is 29.8 Å². The summed E-state index contributed by atoms with van der Waals surface area (Å²) < 4.78 is 0. The third-order valence-corrected chi connectivity index (χ3v) is 3.74. The minimum atomic E-state index is -0.210. The molecular formula is C17H20N4O. The standard InChI is InChI=1S/C17H20N4O/c1-11-4-6-12(7-5-11)8-17(2,3)21-16-19-10-13-9-18-15(22)14(13)20-16/h4-7,10H,8-9H2,1-3H3,(H,18,22)(H,19,20,21). The molecule has 0 bridgehead atoms. The lowest BCUT2D eigenvalue weighted by Gasteiger charge is -2.26. The van der Waals surface area contributed by atoms with Crippen molar-refractivity contribution in [1.29, 1.82) is 0 Å². The summed E-state index contributed by atoms with van der Waals surface area (Å²) in [7, 11) is 0. The number of nitrogens with zero attached hydrogens (tertiary/aromatic N) is 2. The molecule has 3 rings (SSSR count). The van der Waals surface area contributed by atoms with E-state index in [-0.39, 0.29) is 11.4 Å². The number of aromatic nitrogens is 2. The first-order chi connectivity index (χ1) is 10.4. The molecule has 0 unspecified atom stereocenters. The Labute approximate surface area is 130 Å². The zero-order valence-corrected chi connectivity index (χ0v) is 13.1. The molecule has 0 spiro atoms. The first-order valence-electron chi connectivity index (χ1n) is 7.41. The maximum absolute atomic E-state index is 11.7. The fraction of sp³-hybridized carbons (Fsp3) is 0.353. The van der Waals surface area contributed by atoms with Crippen LogP contribution in [0.3, 0.4) is 0 Å². The monoisotopic (exact) mass is 296 g/mol. The predicted octanol–water partition coefficient (Wildman–Crippen LogP) is 2.46. The van der Waals surface area contributed by atoms with E-state index in [1.54, 1.807) is 6.20 Å². The number of carbonyl (C=O) groups is 1. The second-order valence-corrected chi connectivity index (χ2v) is 6.42. The molecule has 0 aliphatic carbocycles. The van der Waals surface area contributed by atoms with Crippen molar-refractivity contribution in [2.24, 2.45) is 0 Å². The van der Waals surface area contributed by atoms with Crippen molar-refractivity contribution in [1.82, 2.24) is 15.3 Å². The number of carbonyl (C=O) groups excluding carboxylic acids is 1. The highest BCUT2D eigenvalue weighted by atomic mass is 16.2. The molecule has 114 valence electrons. The Kier molecular flexibility index (Phi) is 3.56. The van der Waals surface area contributed by atoms with Crippen LogP contribution in [-0.2, 0) is 13.0 Å². The highest BCUT2D eigenvalue weighted by Gasteiger charge is 2.24. The number of amides is 1. The fourth-order valence-corrected chi connectivity index (χ4v) is 2.62. The van der Waals surface area contributed by atoms with Gasteiger partial charge in [-0.05, 0) is 32.8 Å². The summed E-state index contributed by atoms with van der Waals surface area (Å²) in [6, 6.07) is 8.49. The van der Waals surface area contributed by atoms with E-state index in [0.29, 0.717) is 18.2 Å². The molecule has 0 atom stereocenters. The highest BCUT2D eigenvalue weighted by molar-refractivity contribution is 5.96. The second-order valence-electron chi connectivity index (χ2n) is 6.42. The number of fused-ring (bicyclic) bond motifs is 1. The molecule has 0 saturated carbocycles. The van der Waals surface area contributed by atoms with E-state index in [1.807, 2.05) is 0 Å². The summed E-state index contributed by atoms with van der Waals surface area (Å²) in [6.45, 7) is 6.80. The molecule has 2 aromatic rings. The van der Waals surface area contributed by atoms with Crippen molar-refractivity contribution in [2.45, 2.75) is 39.3 Å². The molecule has 2 heterocycles. The molecule has 1 aromatic heterocycles. The number of benzene rings is 1. The molecule has 5 heteroatoms. The van der Waals surface area contributed by atoms with E-state index >= 15 is 0 Å². The van der Waals surface area contributed by atoms with Crippen LogP contribution in [0.15, 0.2) is 30.5 Å². The second kappa shape index (κ2) is 5.40. The Bertz CT molecular complexity index is 707. The van der Waals surface area contributed by atoms with Gasteiger partial charge in [0, 0.05) is 23.8 Å². The van der Waals surface area contributed by atoms with Crippen molar-refractivity contribution in [2.75, 3.05) is 5.32 Å². The van der Waals surface area contributed by atoms with Crippen molar-refractivity contribution in [3.63, 3.8) is 0 Å². The van der Waals surface area contributed by atoms with Gasteiger partial charge < -0.3 is 10.6 Å². The van der Waals surface area contributed by atoms with Gasteiger partial charge >= 0.3 is 0 Å². The van der Waals surface area contributed by atoms with Crippen LogP contribution in [-0.4, -0.2) is 21.4 Å². The Hall–Kier alpha value is -2.43. The zero-order chi connectivity index (χ0) is 15.7. The van der Waals surface area contributed by atoms with Gasteiger partial charge in [-0.25, -0.2) is 9.97 Å². The smallest absolute Gasteiger partial charge is 0.270 e. The van der Waals surface area contributed by atoms with Gasteiger partial charge in [0.2, 0.25) is 5.95 Å². The summed E-state index contributed by atoms with van der Waals surface area (Å²) in [5.74, 6) is 0.365. The third kappa shape index (κ3) is 3.08. The Balaban J connectivity index is 1.75.